The highest BCUT2D eigenvalue weighted by atomic mass is 32.2. The Morgan fingerprint density at radius 1 is 1.27 bits per heavy atom. The summed E-state index contributed by atoms with van der Waals surface area (Å²) >= 11 is 1.12. The first kappa shape index (κ1) is 15.2. The number of rotatable bonds is 5. The maximum absolute atomic E-state index is 12.1. The fourth-order valence-electron chi connectivity index (χ4n) is 2.06. The Labute approximate surface area is 132 Å². The second-order valence-corrected chi connectivity index (χ2v) is 8.12. The van der Waals surface area contributed by atoms with E-state index in [0.29, 0.717) is 11.3 Å². The van der Waals surface area contributed by atoms with Gasteiger partial charge in [0.1, 0.15) is 21.2 Å². The van der Waals surface area contributed by atoms with Crippen molar-refractivity contribution in [2.24, 2.45) is 0 Å². The molecular weight excluding hydrogens is 322 g/mol. The quantitative estimate of drug-likeness (QED) is 0.750. The van der Waals surface area contributed by atoms with Crippen molar-refractivity contribution in [3.05, 3.63) is 53.6 Å². The smallest absolute Gasteiger partial charge is 0.250 e. The van der Waals surface area contributed by atoms with Crippen molar-refractivity contribution in [1.29, 1.82) is 0 Å². The number of furan rings is 1. The van der Waals surface area contributed by atoms with Crippen molar-refractivity contribution >= 4 is 32.3 Å². The van der Waals surface area contributed by atoms with Gasteiger partial charge in [-0.2, -0.15) is 0 Å². The van der Waals surface area contributed by atoms with Crippen LogP contribution in [0.2, 0.25) is 0 Å². The summed E-state index contributed by atoms with van der Waals surface area (Å²) in [4.78, 5) is 0. The summed E-state index contributed by atoms with van der Waals surface area (Å²) in [6, 6.07) is 12.3. The molecule has 1 unspecified atom stereocenters. The molecule has 1 aromatic carbocycles. The molecule has 0 fully saturated rings. The lowest BCUT2D eigenvalue weighted by Gasteiger charge is -2.20. The highest BCUT2D eigenvalue weighted by Gasteiger charge is 2.30. The maximum atomic E-state index is 12.1. The van der Waals surface area contributed by atoms with Gasteiger partial charge in [0.15, 0.2) is 0 Å². The van der Waals surface area contributed by atoms with Gasteiger partial charge in [-0.3, -0.25) is 0 Å². The van der Waals surface area contributed by atoms with Gasteiger partial charge in [-0.25, -0.2) is 13.1 Å². The second-order valence-electron chi connectivity index (χ2n) is 5.18. The van der Waals surface area contributed by atoms with Crippen LogP contribution in [0.25, 0.3) is 11.0 Å². The monoisotopic (exact) mass is 337 g/mol. The lowest BCUT2D eigenvalue weighted by Crippen LogP contribution is -2.38. The summed E-state index contributed by atoms with van der Waals surface area (Å²) in [6.07, 6.45) is 0. The Hall–Kier alpha value is -1.67. The Morgan fingerprint density at radius 3 is 2.73 bits per heavy atom. The first-order valence-electron chi connectivity index (χ1n) is 6.63. The number of para-hydroxylation sites is 1. The average molecular weight is 337 g/mol. The first-order chi connectivity index (χ1) is 10.4. The number of sulfonamides is 1. The second kappa shape index (κ2) is 5.51. The van der Waals surface area contributed by atoms with Gasteiger partial charge in [0.2, 0.25) is 10.0 Å². The Morgan fingerprint density at radius 2 is 2.05 bits per heavy atom. The van der Waals surface area contributed by atoms with E-state index in [1.807, 2.05) is 18.2 Å². The van der Waals surface area contributed by atoms with Gasteiger partial charge in [-0.15, -0.1) is 11.3 Å². The third-order valence-electron chi connectivity index (χ3n) is 3.32. The summed E-state index contributed by atoms with van der Waals surface area (Å²) in [5.41, 5.74) is -0.789. The molecule has 7 heteroatoms. The molecule has 0 spiro atoms. The molecular formula is C15H15NO4S2. The molecule has 0 aliphatic heterocycles. The lowest BCUT2D eigenvalue weighted by atomic mass is 10.0. The van der Waals surface area contributed by atoms with E-state index in [4.69, 9.17) is 4.42 Å². The van der Waals surface area contributed by atoms with Crippen molar-refractivity contribution in [2.45, 2.75) is 16.7 Å². The standard InChI is InChI=1S/C15H15NO4S2/c1-15(17,10-16-22(18,19)14-7-4-8-21-14)13-9-11-5-2-3-6-12(11)20-13/h2-9,16-17H,10H2,1H3. The van der Waals surface area contributed by atoms with Crippen LogP contribution in [-0.2, 0) is 15.6 Å². The van der Waals surface area contributed by atoms with Gasteiger partial charge in [0.05, 0.1) is 0 Å². The van der Waals surface area contributed by atoms with Crippen LogP contribution in [0.1, 0.15) is 12.7 Å². The zero-order chi connectivity index (χ0) is 15.8. The van der Waals surface area contributed by atoms with Crippen molar-refractivity contribution < 1.29 is 17.9 Å². The number of thiophene rings is 1. The molecule has 5 nitrogen and oxygen atoms in total. The topological polar surface area (TPSA) is 79.5 Å². The van der Waals surface area contributed by atoms with Crippen LogP contribution in [0.4, 0.5) is 0 Å². The SMILES string of the molecule is CC(O)(CNS(=O)(=O)c1cccs1)c1cc2ccccc2o1. The van der Waals surface area contributed by atoms with Crippen molar-refractivity contribution in [2.75, 3.05) is 6.54 Å². The summed E-state index contributed by atoms with van der Waals surface area (Å²) in [5, 5.41) is 13.1. The number of hydrogen-bond donors (Lipinski definition) is 2. The number of aliphatic hydroxyl groups is 1. The first-order valence-corrected chi connectivity index (χ1v) is 8.99. The molecule has 0 saturated carbocycles. The molecule has 3 aromatic rings. The van der Waals surface area contributed by atoms with Crippen molar-refractivity contribution in [3.63, 3.8) is 0 Å². The van der Waals surface area contributed by atoms with E-state index in [9.17, 15) is 13.5 Å². The fourth-order valence-corrected chi connectivity index (χ4v) is 4.23. The van der Waals surface area contributed by atoms with E-state index in [0.717, 1.165) is 16.7 Å². The van der Waals surface area contributed by atoms with Gasteiger partial charge in [0.25, 0.3) is 0 Å². The minimum Gasteiger partial charge on any atom is -0.458 e. The van der Waals surface area contributed by atoms with E-state index in [1.54, 1.807) is 23.6 Å². The normalized spacial score (nSPS) is 15.0. The molecule has 0 saturated heterocycles. The molecule has 116 valence electrons. The Balaban J connectivity index is 1.81. The molecule has 0 aliphatic rings. The van der Waals surface area contributed by atoms with Crippen LogP contribution in [0.5, 0.6) is 0 Å². The minimum absolute atomic E-state index is 0.174. The predicted octanol–water partition coefficient (Wildman–Crippen LogP) is 2.68. The number of nitrogens with one attached hydrogen (secondary N) is 1. The van der Waals surface area contributed by atoms with E-state index in [1.165, 1.54) is 13.0 Å². The highest BCUT2D eigenvalue weighted by Crippen LogP contribution is 2.28. The fraction of sp³-hybridized carbons (Fsp3) is 0.200. The van der Waals surface area contributed by atoms with Gasteiger partial charge in [-0.05, 0) is 30.5 Å². The third kappa shape index (κ3) is 2.93. The number of hydrogen-bond acceptors (Lipinski definition) is 5. The summed E-state index contributed by atoms with van der Waals surface area (Å²) in [5.74, 6) is 0.322. The average Bonchev–Trinajstić information content (AvgIpc) is 3.14. The largest absolute Gasteiger partial charge is 0.458 e. The van der Waals surface area contributed by atoms with Crippen LogP contribution in [0.15, 0.2) is 56.5 Å². The van der Waals surface area contributed by atoms with Gasteiger partial charge in [-0.1, -0.05) is 24.3 Å². The van der Waals surface area contributed by atoms with Gasteiger partial charge < -0.3 is 9.52 Å². The molecule has 0 amide bonds. The van der Waals surface area contributed by atoms with E-state index in [2.05, 4.69) is 4.72 Å². The Bertz CT molecular complexity index is 846. The summed E-state index contributed by atoms with van der Waals surface area (Å²) in [6.45, 7) is 1.34. The number of fused-ring (bicyclic) bond motifs is 1. The minimum atomic E-state index is -3.62. The molecule has 2 aromatic heterocycles. The molecule has 22 heavy (non-hydrogen) atoms. The van der Waals surface area contributed by atoms with E-state index < -0.39 is 15.6 Å². The molecule has 2 N–H and O–H groups in total. The van der Waals surface area contributed by atoms with Gasteiger partial charge in [0, 0.05) is 11.9 Å². The molecule has 2 heterocycles. The van der Waals surface area contributed by atoms with Crippen molar-refractivity contribution in [1.82, 2.24) is 4.72 Å². The van der Waals surface area contributed by atoms with Crippen LogP contribution in [-0.4, -0.2) is 20.1 Å². The maximum Gasteiger partial charge on any atom is 0.250 e. The van der Waals surface area contributed by atoms with Crippen molar-refractivity contribution in [3.8, 4) is 0 Å². The van der Waals surface area contributed by atoms with Crippen LogP contribution in [0, 0.1) is 0 Å². The van der Waals surface area contributed by atoms with E-state index >= 15 is 0 Å². The van der Waals surface area contributed by atoms with Crippen LogP contribution in [0.3, 0.4) is 0 Å². The number of benzene rings is 1. The molecule has 1 atom stereocenters. The molecule has 0 bridgehead atoms. The van der Waals surface area contributed by atoms with E-state index in [-0.39, 0.29) is 10.8 Å². The highest BCUT2D eigenvalue weighted by molar-refractivity contribution is 7.91. The zero-order valence-corrected chi connectivity index (χ0v) is 13.4. The molecule has 0 radical (unpaired) electrons. The molecule has 0 aliphatic carbocycles. The molecule has 3 rings (SSSR count). The zero-order valence-electron chi connectivity index (χ0n) is 11.8. The third-order valence-corrected chi connectivity index (χ3v) is 6.12. The van der Waals surface area contributed by atoms with Crippen LogP contribution >= 0.6 is 11.3 Å². The Kier molecular flexibility index (Phi) is 3.82. The van der Waals surface area contributed by atoms with Gasteiger partial charge >= 0.3 is 0 Å². The summed E-state index contributed by atoms with van der Waals surface area (Å²) < 4.78 is 32.4. The lowest BCUT2D eigenvalue weighted by molar-refractivity contribution is 0.0412. The summed E-state index contributed by atoms with van der Waals surface area (Å²) in [7, 11) is -3.62. The van der Waals surface area contributed by atoms with Crippen LogP contribution < -0.4 is 4.72 Å². The predicted molar refractivity (Wildman–Crippen MR) is 85.3 cm³/mol.